The van der Waals surface area contributed by atoms with Crippen molar-refractivity contribution in [3.8, 4) is 0 Å². The molecule has 1 heterocycles. The van der Waals surface area contributed by atoms with E-state index in [4.69, 9.17) is 5.84 Å². The van der Waals surface area contributed by atoms with Crippen LogP contribution in [0.25, 0.3) is 0 Å². The minimum atomic E-state index is -0.0824. The van der Waals surface area contributed by atoms with Gasteiger partial charge in [0, 0.05) is 25.9 Å². The molecule has 4 N–H and O–H groups in total. The fourth-order valence-corrected chi connectivity index (χ4v) is 1.19. The van der Waals surface area contributed by atoms with Crippen molar-refractivity contribution >= 4 is 17.7 Å². The molecule has 88 valence electrons. The molecule has 0 radical (unpaired) electrons. The zero-order valence-electron chi connectivity index (χ0n) is 9.61. The van der Waals surface area contributed by atoms with Crippen LogP contribution in [-0.2, 0) is 4.79 Å². The van der Waals surface area contributed by atoms with Gasteiger partial charge in [0.15, 0.2) is 0 Å². The standard InChI is InChI=1S/C9H16N6O/c1-6-4-7(13-9(12-6)14-10)15(3)5-8(16)11-2/h4H,5,10H2,1-3H3,(H,11,16)(H,12,13,14). The lowest BCUT2D eigenvalue weighted by Gasteiger charge is -2.17. The predicted octanol–water partition coefficient (Wildman–Crippen LogP) is -0.747. The van der Waals surface area contributed by atoms with Gasteiger partial charge in [0.1, 0.15) is 5.82 Å². The van der Waals surface area contributed by atoms with Crippen molar-refractivity contribution in [3.05, 3.63) is 11.8 Å². The van der Waals surface area contributed by atoms with Crippen LogP contribution in [0.2, 0.25) is 0 Å². The van der Waals surface area contributed by atoms with E-state index in [0.29, 0.717) is 11.8 Å². The lowest BCUT2D eigenvalue weighted by atomic mass is 10.4. The Morgan fingerprint density at radius 1 is 1.56 bits per heavy atom. The highest BCUT2D eigenvalue weighted by Gasteiger charge is 2.09. The molecule has 0 unspecified atom stereocenters. The van der Waals surface area contributed by atoms with Gasteiger partial charge in [-0.05, 0) is 6.92 Å². The fourth-order valence-electron chi connectivity index (χ4n) is 1.19. The Morgan fingerprint density at radius 2 is 2.25 bits per heavy atom. The molecular weight excluding hydrogens is 208 g/mol. The first-order valence-corrected chi connectivity index (χ1v) is 4.81. The van der Waals surface area contributed by atoms with E-state index in [1.165, 1.54) is 0 Å². The first-order chi connectivity index (χ1) is 7.56. The molecule has 1 rings (SSSR count). The highest BCUT2D eigenvalue weighted by molar-refractivity contribution is 5.80. The van der Waals surface area contributed by atoms with E-state index in [2.05, 4.69) is 20.7 Å². The van der Waals surface area contributed by atoms with Gasteiger partial charge >= 0.3 is 0 Å². The summed E-state index contributed by atoms with van der Waals surface area (Å²) in [6.45, 7) is 2.07. The van der Waals surface area contributed by atoms with Gasteiger partial charge in [-0.25, -0.2) is 10.8 Å². The molecule has 0 bridgehead atoms. The highest BCUT2D eigenvalue weighted by atomic mass is 16.1. The summed E-state index contributed by atoms with van der Waals surface area (Å²) in [4.78, 5) is 21.1. The monoisotopic (exact) mass is 224 g/mol. The number of hydrogen-bond donors (Lipinski definition) is 3. The van der Waals surface area contributed by atoms with Crippen LogP contribution >= 0.6 is 0 Å². The average Bonchev–Trinajstić information content (AvgIpc) is 2.27. The van der Waals surface area contributed by atoms with E-state index in [-0.39, 0.29) is 12.5 Å². The number of anilines is 2. The largest absolute Gasteiger partial charge is 0.358 e. The molecule has 7 nitrogen and oxygen atoms in total. The van der Waals surface area contributed by atoms with Crippen LogP contribution in [0.4, 0.5) is 11.8 Å². The van der Waals surface area contributed by atoms with Crippen LogP contribution < -0.4 is 21.5 Å². The Morgan fingerprint density at radius 3 is 2.81 bits per heavy atom. The molecule has 0 aliphatic heterocycles. The number of nitrogens with one attached hydrogen (secondary N) is 2. The predicted molar refractivity (Wildman–Crippen MR) is 61.9 cm³/mol. The quantitative estimate of drug-likeness (QED) is 0.460. The normalized spacial score (nSPS) is 9.75. The maximum atomic E-state index is 11.2. The maximum absolute atomic E-state index is 11.2. The molecule has 0 fully saturated rings. The second-order valence-corrected chi connectivity index (χ2v) is 3.36. The van der Waals surface area contributed by atoms with Gasteiger partial charge in [-0.1, -0.05) is 0 Å². The number of carbonyl (C=O) groups excluding carboxylic acids is 1. The molecule has 0 saturated carbocycles. The van der Waals surface area contributed by atoms with Gasteiger partial charge < -0.3 is 10.2 Å². The number of amides is 1. The summed E-state index contributed by atoms with van der Waals surface area (Å²) in [6.07, 6.45) is 0. The molecule has 0 aliphatic carbocycles. The van der Waals surface area contributed by atoms with Crippen molar-refractivity contribution in [2.75, 3.05) is 31.0 Å². The number of hydrazine groups is 1. The van der Waals surface area contributed by atoms with Crippen molar-refractivity contribution in [1.82, 2.24) is 15.3 Å². The molecular formula is C9H16N6O. The Hall–Kier alpha value is -1.89. The van der Waals surface area contributed by atoms with E-state index in [0.717, 1.165) is 5.69 Å². The molecule has 0 atom stereocenters. The van der Waals surface area contributed by atoms with Gasteiger partial charge in [-0.15, -0.1) is 0 Å². The number of nitrogens with two attached hydrogens (primary N) is 1. The first-order valence-electron chi connectivity index (χ1n) is 4.81. The number of rotatable bonds is 4. The lowest BCUT2D eigenvalue weighted by molar-refractivity contribution is -0.119. The smallest absolute Gasteiger partial charge is 0.239 e. The summed E-state index contributed by atoms with van der Waals surface area (Å²) in [6, 6.07) is 1.78. The lowest BCUT2D eigenvalue weighted by Crippen LogP contribution is -2.33. The van der Waals surface area contributed by atoms with Gasteiger partial charge in [-0.2, -0.15) is 4.98 Å². The Balaban J connectivity index is 2.86. The first kappa shape index (κ1) is 12.2. The fraction of sp³-hybridized carbons (Fsp3) is 0.444. The van der Waals surface area contributed by atoms with Crippen molar-refractivity contribution in [2.45, 2.75) is 6.92 Å². The van der Waals surface area contributed by atoms with E-state index in [9.17, 15) is 4.79 Å². The highest BCUT2D eigenvalue weighted by Crippen LogP contribution is 2.12. The van der Waals surface area contributed by atoms with Crippen LogP contribution in [0.15, 0.2) is 6.07 Å². The van der Waals surface area contributed by atoms with Gasteiger partial charge in [0.2, 0.25) is 11.9 Å². The molecule has 0 saturated heterocycles. The third-order valence-electron chi connectivity index (χ3n) is 2.02. The van der Waals surface area contributed by atoms with Crippen LogP contribution in [0.3, 0.4) is 0 Å². The van der Waals surface area contributed by atoms with Crippen LogP contribution in [0.1, 0.15) is 5.69 Å². The van der Waals surface area contributed by atoms with Crippen molar-refractivity contribution < 1.29 is 4.79 Å². The molecule has 7 heteroatoms. The van der Waals surface area contributed by atoms with E-state index >= 15 is 0 Å². The SMILES string of the molecule is CNC(=O)CN(C)c1cc(C)nc(NN)n1. The molecule has 0 aromatic carbocycles. The van der Waals surface area contributed by atoms with E-state index in [1.807, 2.05) is 6.92 Å². The summed E-state index contributed by atoms with van der Waals surface area (Å²) in [5.74, 6) is 6.13. The minimum absolute atomic E-state index is 0.0824. The Kier molecular flexibility index (Phi) is 4.01. The molecule has 1 aromatic heterocycles. The third-order valence-corrected chi connectivity index (χ3v) is 2.02. The average molecular weight is 224 g/mol. The summed E-state index contributed by atoms with van der Waals surface area (Å²) in [7, 11) is 3.37. The Labute approximate surface area is 94.0 Å². The second-order valence-electron chi connectivity index (χ2n) is 3.36. The summed E-state index contributed by atoms with van der Waals surface area (Å²) in [5, 5.41) is 2.54. The number of aryl methyl sites for hydroxylation is 1. The third kappa shape index (κ3) is 3.06. The number of likely N-dealkylation sites (N-methyl/N-ethyl adjacent to an activating group) is 2. The van der Waals surface area contributed by atoms with E-state index in [1.54, 1.807) is 25.1 Å². The number of hydrogen-bond acceptors (Lipinski definition) is 6. The van der Waals surface area contributed by atoms with Crippen molar-refractivity contribution in [2.24, 2.45) is 5.84 Å². The zero-order chi connectivity index (χ0) is 12.1. The van der Waals surface area contributed by atoms with Gasteiger partial charge in [0.25, 0.3) is 0 Å². The zero-order valence-corrected chi connectivity index (χ0v) is 9.61. The molecule has 0 aliphatic rings. The number of nitrogens with zero attached hydrogens (tertiary/aromatic N) is 3. The van der Waals surface area contributed by atoms with Crippen LogP contribution in [0, 0.1) is 6.92 Å². The molecule has 16 heavy (non-hydrogen) atoms. The molecule has 0 spiro atoms. The molecule has 1 amide bonds. The summed E-state index contributed by atoms with van der Waals surface area (Å²) in [5.41, 5.74) is 3.16. The van der Waals surface area contributed by atoms with Gasteiger partial charge in [0.05, 0.1) is 6.54 Å². The number of nitrogen functional groups attached to an aromatic ring is 1. The van der Waals surface area contributed by atoms with Crippen LogP contribution in [0.5, 0.6) is 0 Å². The second kappa shape index (κ2) is 5.26. The topological polar surface area (TPSA) is 96.2 Å². The van der Waals surface area contributed by atoms with Crippen molar-refractivity contribution in [3.63, 3.8) is 0 Å². The molecule has 1 aromatic rings. The van der Waals surface area contributed by atoms with Crippen LogP contribution in [-0.4, -0.2) is 36.5 Å². The maximum Gasteiger partial charge on any atom is 0.239 e. The number of aromatic nitrogens is 2. The summed E-state index contributed by atoms with van der Waals surface area (Å²) < 4.78 is 0. The minimum Gasteiger partial charge on any atom is -0.358 e. The van der Waals surface area contributed by atoms with Crippen molar-refractivity contribution in [1.29, 1.82) is 0 Å². The number of carbonyl (C=O) groups is 1. The van der Waals surface area contributed by atoms with E-state index < -0.39 is 0 Å². The summed E-state index contributed by atoms with van der Waals surface area (Å²) >= 11 is 0. The Bertz CT molecular complexity index is 380. The van der Waals surface area contributed by atoms with Gasteiger partial charge in [-0.3, -0.25) is 10.2 Å².